The van der Waals surface area contributed by atoms with Gasteiger partial charge in [-0.15, -0.1) is 0 Å². The summed E-state index contributed by atoms with van der Waals surface area (Å²) < 4.78 is 31.2. The van der Waals surface area contributed by atoms with E-state index in [1.807, 2.05) is 30.3 Å². The third-order valence-electron chi connectivity index (χ3n) is 4.24. The van der Waals surface area contributed by atoms with Gasteiger partial charge in [-0.05, 0) is 49.2 Å². The van der Waals surface area contributed by atoms with E-state index in [9.17, 15) is 13.2 Å². The SMILES string of the molecule is CS(=O)(=O)N(CC(=O)N1CCCC1)c1ccc(Oc2ccccc2)cc1. The molecule has 1 amide bonds. The van der Waals surface area contributed by atoms with Crippen molar-refractivity contribution in [2.75, 3.05) is 30.2 Å². The summed E-state index contributed by atoms with van der Waals surface area (Å²) in [6.07, 6.45) is 3.05. The summed E-state index contributed by atoms with van der Waals surface area (Å²) in [5.74, 6) is 1.13. The Kier molecular flexibility index (Phi) is 5.46. The highest BCUT2D eigenvalue weighted by Crippen LogP contribution is 2.25. The van der Waals surface area contributed by atoms with Gasteiger partial charge in [0.05, 0.1) is 11.9 Å². The van der Waals surface area contributed by atoms with Crippen molar-refractivity contribution < 1.29 is 17.9 Å². The molecule has 7 heteroatoms. The van der Waals surface area contributed by atoms with Gasteiger partial charge >= 0.3 is 0 Å². The zero-order valence-corrected chi connectivity index (χ0v) is 15.5. The van der Waals surface area contributed by atoms with Gasteiger partial charge < -0.3 is 9.64 Å². The lowest BCUT2D eigenvalue weighted by atomic mass is 10.3. The first kappa shape index (κ1) is 18.3. The second-order valence-corrected chi connectivity index (χ2v) is 8.17. The third-order valence-corrected chi connectivity index (χ3v) is 5.38. The Morgan fingerprint density at radius 3 is 2.15 bits per heavy atom. The summed E-state index contributed by atoms with van der Waals surface area (Å²) in [6.45, 7) is 1.21. The van der Waals surface area contributed by atoms with Gasteiger partial charge in [-0.3, -0.25) is 9.10 Å². The highest BCUT2D eigenvalue weighted by Gasteiger charge is 2.25. The van der Waals surface area contributed by atoms with Crippen LogP contribution in [0.1, 0.15) is 12.8 Å². The average Bonchev–Trinajstić information content (AvgIpc) is 3.15. The molecule has 3 rings (SSSR count). The van der Waals surface area contributed by atoms with E-state index in [-0.39, 0.29) is 12.5 Å². The summed E-state index contributed by atoms with van der Waals surface area (Å²) in [5.41, 5.74) is 0.445. The molecule has 1 fully saturated rings. The minimum absolute atomic E-state index is 0.169. The predicted molar refractivity (Wildman–Crippen MR) is 101 cm³/mol. The van der Waals surface area contributed by atoms with E-state index in [0.29, 0.717) is 30.3 Å². The molecule has 0 saturated carbocycles. The first-order valence-electron chi connectivity index (χ1n) is 8.52. The summed E-state index contributed by atoms with van der Waals surface area (Å²) in [4.78, 5) is 14.1. The van der Waals surface area contributed by atoms with Gasteiger partial charge in [-0.1, -0.05) is 18.2 Å². The average molecular weight is 374 g/mol. The van der Waals surface area contributed by atoms with Crippen molar-refractivity contribution in [3.05, 3.63) is 54.6 Å². The number of ether oxygens (including phenoxy) is 1. The number of hydrogen-bond donors (Lipinski definition) is 0. The van der Waals surface area contributed by atoms with Crippen molar-refractivity contribution in [3.63, 3.8) is 0 Å². The number of carbonyl (C=O) groups excluding carboxylic acids is 1. The van der Waals surface area contributed by atoms with Gasteiger partial charge in [-0.25, -0.2) is 8.42 Å². The maximum Gasteiger partial charge on any atom is 0.243 e. The third kappa shape index (κ3) is 4.54. The molecule has 0 aromatic heterocycles. The number of rotatable bonds is 6. The van der Waals surface area contributed by atoms with Crippen LogP contribution < -0.4 is 9.04 Å². The van der Waals surface area contributed by atoms with Crippen LogP contribution >= 0.6 is 0 Å². The molecule has 0 aliphatic carbocycles. The molecule has 0 radical (unpaired) electrons. The highest BCUT2D eigenvalue weighted by molar-refractivity contribution is 7.92. The smallest absolute Gasteiger partial charge is 0.243 e. The molecule has 26 heavy (non-hydrogen) atoms. The Bertz CT molecular complexity index is 845. The molecule has 138 valence electrons. The van der Waals surface area contributed by atoms with Crippen molar-refractivity contribution in [2.45, 2.75) is 12.8 Å². The number of para-hydroxylation sites is 1. The number of benzene rings is 2. The van der Waals surface area contributed by atoms with Gasteiger partial charge in [0.2, 0.25) is 15.9 Å². The molecule has 0 bridgehead atoms. The van der Waals surface area contributed by atoms with Gasteiger partial charge in [0.15, 0.2) is 0 Å². The minimum Gasteiger partial charge on any atom is -0.457 e. The molecule has 2 aromatic carbocycles. The Morgan fingerprint density at radius 1 is 1.00 bits per heavy atom. The maximum absolute atomic E-state index is 12.4. The molecule has 1 saturated heterocycles. The van der Waals surface area contributed by atoms with Crippen LogP contribution in [0.4, 0.5) is 5.69 Å². The molecule has 0 unspecified atom stereocenters. The fourth-order valence-corrected chi connectivity index (χ4v) is 3.74. The molecule has 1 aliphatic rings. The van der Waals surface area contributed by atoms with E-state index in [4.69, 9.17) is 4.74 Å². The fraction of sp³-hybridized carbons (Fsp3) is 0.316. The van der Waals surface area contributed by atoms with Crippen LogP contribution in [-0.4, -0.2) is 45.1 Å². The summed E-state index contributed by atoms with van der Waals surface area (Å²) in [6, 6.07) is 16.0. The van der Waals surface area contributed by atoms with Crippen molar-refractivity contribution in [3.8, 4) is 11.5 Å². The number of nitrogens with zero attached hydrogens (tertiary/aromatic N) is 2. The van der Waals surface area contributed by atoms with Gasteiger partial charge in [-0.2, -0.15) is 0 Å². The quantitative estimate of drug-likeness (QED) is 0.780. The normalized spacial score (nSPS) is 14.3. The van der Waals surface area contributed by atoms with Crippen LogP contribution in [0.25, 0.3) is 0 Å². The number of hydrogen-bond acceptors (Lipinski definition) is 4. The molecule has 1 aliphatic heterocycles. The summed E-state index contributed by atoms with van der Waals surface area (Å²) >= 11 is 0. The van der Waals surface area contributed by atoms with E-state index in [1.165, 1.54) is 0 Å². The van der Waals surface area contributed by atoms with Crippen LogP contribution in [0, 0.1) is 0 Å². The van der Waals surface area contributed by atoms with Crippen LogP contribution in [0.15, 0.2) is 54.6 Å². The van der Waals surface area contributed by atoms with Crippen LogP contribution in [-0.2, 0) is 14.8 Å². The Balaban J connectivity index is 1.75. The molecular weight excluding hydrogens is 352 g/mol. The number of likely N-dealkylation sites (tertiary alicyclic amines) is 1. The fourth-order valence-electron chi connectivity index (χ4n) is 2.89. The largest absolute Gasteiger partial charge is 0.457 e. The lowest BCUT2D eigenvalue weighted by Crippen LogP contribution is -2.41. The van der Waals surface area contributed by atoms with Gasteiger partial charge in [0, 0.05) is 13.1 Å². The van der Waals surface area contributed by atoms with Crippen LogP contribution in [0.3, 0.4) is 0 Å². The van der Waals surface area contributed by atoms with Crippen molar-refractivity contribution in [1.82, 2.24) is 4.90 Å². The van der Waals surface area contributed by atoms with E-state index in [2.05, 4.69) is 0 Å². The highest BCUT2D eigenvalue weighted by atomic mass is 32.2. The Morgan fingerprint density at radius 2 is 1.58 bits per heavy atom. The van der Waals surface area contributed by atoms with Gasteiger partial charge in [0.25, 0.3) is 0 Å². The molecule has 1 heterocycles. The summed E-state index contributed by atoms with van der Waals surface area (Å²) in [7, 11) is -3.57. The Hall–Kier alpha value is -2.54. The van der Waals surface area contributed by atoms with Crippen LogP contribution in [0.5, 0.6) is 11.5 Å². The molecule has 2 aromatic rings. The van der Waals surface area contributed by atoms with Gasteiger partial charge in [0.1, 0.15) is 18.0 Å². The number of sulfonamides is 1. The number of carbonyl (C=O) groups is 1. The maximum atomic E-state index is 12.4. The molecule has 6 nitrogen and oxygen atoms in total. The zero-order valence-electron chi connectivity index (χ0n) is 14.7. The van der Waals surface area contributed by atoms with E-state index in [1.54, 1.807) is 29.2 Å². The zero-order chi connectivity index (χ0) is 18.6. The van der Waals surface area contributed by atoms with E-state index < -0.39 is 10.0 Å². The second kappa shape index (κ2) is 7.78. The lowest BCUT2D eigenvalue weighted by Gasteiger charge is -2.25. The van der Waals surface area contributed by atoms with Crippen molar-refractivity contribution >= 4 is 21.6 Å². The monoisotopic (exact) mass is 374 g/mol. The number of amides is 1. The van der Waals surface area contributed by atoms with E-state index in [0.717, 1.165) is 23.4 Å². The first-order valence-corrected chi connectivity index (χ1v) is 10.4. The standard InChI is InChI=1S/C19H22N2O4S/c1-26(23,24)21(15-19(22)20-13-5-6-14-20)16-9-11-18(12-10-16)25-17-7-3-2-4-8-17/h2-4,7-12H,5-6,13-15H2,1H3. The van der Waals surface area contributed by atoms with Crippen molar-refractivity contribution in [1.29, 1.82) is 0 Å². The predicted octanol–water partition coefficient (Wildman–Crippen LogP) is 2.87. The van der Waals surface area contributed by atoms with Crippen LogP contribution in [0.2, 0.25) is 0 Å². The van der Waals surface area contributed by atoms with Crippen molar-refractivity contribution in [2.24, 2.45) is 0 Å². The second-order valence-electron chi connectivity index (χ2n) is 6.27. The molecule has 0 atom stereocenters. The Labute approximate surface area is 154 Å². The molecule has 0 N–H and O–H groups in total. The number of anilines is 1. The first-order chi connectivity index (χ1) is 12.4. The summed E-state index contributed by atoms with van der Waals surface area (Å²) in [5, 5.41) is 0. The lowest BCUT2D eigenvalue weighted by molar-refractivity contribution is -0.128. The minimum atomic E-state index is -3.57. The topological polar surface area (TPSA) is 66.9 Å². The molecule has 0 spiro atoms. The van der Waals surface area contributed by atoms with E-state index >= 15 is 0 Å². The molecular formula is C19H22N2O4S.